The zero-order valence-corrected chi connectivity index (χ0v) is 14.6. The minimum Gasteiger partial charge on any atom is -0.465 e. The summed E-state index contributed by atoms with van der Waals surface area (Å²) in [4.78, 5) is 13.8. The summed E-state index contributed by atoms with van der Waals surface area (Å²) in [5, 5.41) is 0. The SMILES string of the molecule is COC(=O)c1ccc(CCN2CCC(CN)CC2)cc1.Cl.Cl. The Kier molecular flexibility index (Phi) is 10.4. The summed E-state index contributed by atoms with van der Waals surface area (Å²) in [7, 11) is 1.40. The van der Waals surface area contributed by atoms with Gasteiger partial charge in [0.1, 0.15) is 0 Å². The highest BCUT2D eigenvalue weighted by Crippen LogP contribution is 2.16. The molecule has 1 heterocycles. The molecule has 0 saturated carbocycles. The van der Waals surface area contributed by atoms with Crippen LogP contribution in [0.25, 0.3) is 0 Å². The van der Waals surface area contributed by atoms with E-state index < -0.39 is 0 Å². The molecule has 0 aliphatic carbocycles. The Morgan fingerprint density at radius 2 is 1.82 bits per heavy atom. The Morgan fingerprint density at radius 3 is 2.32 bits per heavy atom. The number of methoxy groups -OCH3 is 1. The third-order valence-electron chi connectivity index (χ3n) is 4.13. The van der Waals surface area contributed by atoms with Gasteiger partial charge in [-0.15, -0.1) is 24.8 Å². The van der Waals surface area contributed by atoms with Crippen molar-refractivity contribution in [2.75, 3.05) is 33.3 Å². The van der Waals surface area contributed by atoms with E-state index in [0.29, 0.717) is 11.5 Å². The van der Waals surface area contributed by atoms with E-state index in [1.54, 1.807) is 0 Å². The van der Waals surface area contributed by atoms with Crippen LogP contribution >= 0.6 is 24.8 Å². The van der Waals surface area contributed by atoms with E-state index in [9.17, 15) is 4.79 Å². The van der Waals surface area contributed by atoms with Gasteiger partial charge in [-0.05, 0) is 62.5 Å². The fourth-order valence-electron chi connectivity index (χ4n) is 2.66. The summed E-state index contributed by atoms with van der Waals surface area (Å²) in [5.41, 5.74) is 7.58. The number of carbonyl (C=O) groups is 1. The van der Waals surface area contributed by atoms with Crippen molar-refractivity contribution in [1.82, 2.24) is 4.90 Å². The number of halogens is 2. The highest BCUT2D eigenvalue weighted by molar-refractivity contribution is 5.89. The van der Waals surface area contributed by atoms with Gasteiger partial charge in [0.05, 0.1) is 12.7 Å². The number of nitrogens with zero attached hydrogens (tertiary/aromatic N) is 1. The number of likely N-dealkylation sites (tertiary alicyclic amines) is 1. The summed E-state index contributed by atoms with van der Waals surface area (Å²) in [6.45, 7) is 4.21. The lowest BCUT2D eigenvalue weighted by Gasteiger charge is -2.31. The molecule has 1 aliphatic rings. The van der Waals surface area contributed by atoms with Gasteiger partial charge in [0.2, 0.25) is 0 Å². The molecule has 22 heavy (non-hydrogen) atoms. The van der Waals surface area contributed by atoms with Crippen molar-refractivity contribution in [1.29, 1.82) is 0 Å². The van der Waals surface area contributed by atoms with E-state index in [1.807, 2.05) is 24.3 Å². The predicted octanol–water partition coefficient (Wildman–Crippen LogP) is 2.53. The summed E-state index contributed by atoms with van der Waals surface area (Å²) in [6, 6.07) is 7.70. The number of carbonyl (C=O) groups excluding carboxylic acids is 1. The molecule has 126 valence electrons. The third kappa shape index (κ3) is 6.13. The maximum Gasteiger partial charge on any atom is 0.337 e. The van der Waals surface area contributed by atoms with Crippen LogP contribution in [-0.4, -0.2) is 44.2 Å². The normalized spacial score (nSPS) is 15.5. The van der Waals surface area contributed by atoms with Crippen molar-refractivity contribution in [2.45, 2.75) is 19.3 Å². The van der Waals surface area contributed by atoms with Gasteiger partial charge in [-0.2, -0.15) is 0 Å². The average Bonchev–Trinajstić information content (AvgIpc) is 2.53. The molecule has 6 heteroatoms. The standard InChI is InChI=1S/C16H24N2O2.2ClH/c1-20-16(19)15-4-2-13(3-5-15)6-9-18-10-7-14(12-17)8-11-18;;/h2-5,14H,6-12,17H2,1H3;2*1H. The van der Waals surface area contributed by atoms with Crippen molar-refractivity contribution in [2.24, 2.45) is 11.7 Å². The van der Waals surface area contributed by atoms with Crippen LogP contribution in [0.15, 0.2) is 24.3 Å². The first-order valence-electron chi connectivity index (χ1n) is 7.32. The van der Waals surface area contributed by atoms with Crippen LogP contribution in [0.4, 0.5) is 0 Å². The highest BCUT2D eigenvalue weighted by Gasteiger charge is 2.17. The average molecular weight is 349 g/mol. The first-order valence-corrected chi connectivity index (χ1v) is 7.32. The van der Waals surface area contributed by atoms with Gasteiger partial charge < -0.3 is 15.4 Å². The van der Waals surface area contributed by atoms with Crippen LogP contribution < -0.4 is 5.73 Å². The van der Waals surface area contributed by atoms with Crippen molar-refractivity contribution < 1.29 is 9.53 Å². The molecule has 0 atom stereocenters. The second-order valence-electron chi connectivity index (χ2n) is 5.46. The van der Waals surface area contributed by atoms with E-state index in [1.165, 1.54) is 25.5 Å². The highest BCUT2D eigenvalue weighted by atomic mass is 35.5. The van der Waals surface area contributed by atoms with Crippen LogP contribution in [0.2, 0.25) is 0 Å². The Bertz CT molecular complexity index is 432. The lowest BCUT2D eigenvalue weighted by molar-refractivity contribution is 0.0600. The fourth-order valence-corrected chi connectivity index (χ4v) is 2.66. The van der Waals surface area contributed by atoms with Crippen LogP contribution in [0.3, 0.4) is 0 Å². The van der Waals surface area contributed by atoms with Gasteiger partial charge in [-0.1, -0.05) is 12.1 Å². The van der Waals surface area contributed by atoms with E-state index >= 15 is 0 Å². The summed E-state index contributed by atoms with van der Waals surface area (Å²) in [5.74, 6) is 0.436. The summed E-state index contributed by atoms with van der Waals surface area (Å²) in [6.07, 6.45) is 3.46. The van der Waals surface area contributed by atoms with Gasteiger partial charge in [-0.25, -0.2) is 4.79 Å². The predicted molar refractivity (Wildman–Crippen MR) is 94.2 cm³/mol. The van der Waals surface area contributed by atoms with Crippen molar-refractivity contribution in [3.63, 3.8) is 0 Å². The molecule has 0 radical (unpaired) electrons. The molecule has 2 rings (SSSR count). The van der Waals surface area contributed by atoms with Crippen LogP contribution in [0.5, 0.6) is 0 Å². The number of benzene rings is 1. The largest absolute Gasteiger partial charge is 0.465 e. The molecule has 0 unspecified atom stereocenters. The Morgan fingerprint density at radius 1 is 1.23 bits per heavy atom. The molecule has 0 bridgehead atoms. The number of esters is 1. The second-order valence-corrected chi connectivity index (χ2v) is 5.46. The number of ether oxygens (including phenoxy) is 1. The quantitative estimate of drug-likeness (QED) is 0.830. The molecule has 0 spiro atoms. The Labute approximate surface area is 145 Å². The molecule has 1 aliphatic heterocycles. The van der Waals surface area contributed by atoms with Crippen molar-refractivity contribution >= 4 is 30.8 Å². The van der Waals surface area contributed by atoms with E-state index in [2.05, 4.69) is 4.90 Å². The van der Waals surface area contributed by atoms with E-state index in [4.69, 9.17) is 10.5 Å². The van der Waals surface area contributed by atoms with Gasteiger partial charge in [0, 0.05) is 6.54 Å². The number of rotatable bonds is 5. The van der Waals surface area contributed by atoms with Crippen molar-refractivity contribution in [3.05, 3.63) is 35.4 Å². The molecule has 2 N–H and O–H groups in total. The molecule has 4 nitrogen and oxygen atoms in total. The number of piperidine rings is 1. The smallest absolute Gasteiger partial charge is 0.337 e. The van der Waals surface area contributed by atoms with Crippen LogP contribution in [0, 0.1) is 5.92 Å². The van der Waals surface area contributed by atoms with Gasteiger partial charge in [-0.3, -0.25) is 0 Å². The molecule has 0 aromatic heterocycles. The maximum absolute atomic E-state index is 11.3. The number of hydrogen-bond donors (Lipinski definition) is 1. The molecule has 0 amide bonds. The third-order valence-corrected chi connectivity index (χ3v) is 4.13. The van der Waals surface area contributed by atoms with Crippen LogP contribution in [0.1, 0.15) is 28.8 Å². The Balaban J connectivity index is 0.00000220. The van der Waals surface area contributed by atoms with Crippen molar-refractivity contribution in [3.8, 4) is 0 Å². The molecular weight excluding hydrogens is 323 g/mol. The molecule has 1 fully saturated rings. The molecular formula is C16H26Cl2N2O2. The number of nitrogens with two attached hydrogens (primary N) is 1. The summed E-state index contributed by atoms with van der Waals surface area (Å²) >= 11 is 0. The monoisotopic (exact) mass is 348 g/mol. The minimum atomic E-state index is -0.277. The fraction of sp³-hybridized carbons (Fsp3) is 0.562. The lowest BCUT2D eigenvalue weighted by Crippen LogP contribution is -2.37. The minimum absolute atomic E-state index is 0. The second kappa shape index (κ2) is 10.8. The van der Waals surface area contributed by atoms with E-state index in [-0.39, 0.29) is 30.8 Å². The topological polar surface area (TPSA) is 55.6 Å². The molecule has 1 aromatic carbocycles. The summed E-state index contributed by atoms with van der Waals surface area (Å²) < 4.78 is 4.69. The first-order chi connectivity index (χ1) is 9.72. The first kappa shape index (κ1) is 21.2. The Hall–Kier alpha value is -0.810. The lowest BCUT2D eigenvalue weighted by atomic mass is 9.97. The zero-order chi connectivity index (χ0) is 14.4. The van der Waals surface area contributed by atoms with Gasteiger partial charge in [0.15, 0.2) is 0 Å². The molecule has 1 aromatic rings. The van der Waals surface area contributed by atoms with Gasteiger partial charge >= 0.3 is 5.97 Å². The zero-order valence-electron chi connectivity index (χ0n) is 13.0. The maximum atomic E-state index is 11.3. The molecule has 1 saturated heterocycles. The van der Waals surface area contributed by atoms with Crippen LogP contribution in [-0.2, 0) is 11.2 Å². The number of hydrogen-bond acceptors (Lipinski definition) is 4. The van der Waals surface area contributed by atoms with E-state index in [0.717, 1.165) is 32.6 Å². The van der Waals surface area contributed by atoms with Gasteiger partial charge in [0.25, 0.3) is 0 Å².